The van der Waals surface area contributed by atoms with Gasteiger partial charge in [0.25, 0.3) is 0 Å². The summed E-state index contributed by atoms with van der Waals surface area (Å²) in [5, 5.41) is 4.42. The van der Waals surface area contributed by atoms with Crippen molar-refractivity contribution in [3.05, 3.63) is 63.4 Å². The zero-order chi connectivity index (χ0) is 13.1. The van der Waals surface area contributed by atoms with Gasteiger partial charge in [0.1, 0.15) is 0 Å². The molecular weight excluding hydrogens is 267 g/mol. The number of hydrogen-bond acceptors (Lipinski definition) is 2. The molecule has 2 rings (SSSR count). The van der Waals surface area contributed by atoms with Crippen molar-refractivity contribution in [3.63, 3.8) is 0 Å². The molecule has 18 heavy (non-hydrogen) atoms. The summed E-state index contributed by atoms with van der Waals surface area (Å²) in [7, 11) is 1.90. The second-order valence-electron chi connectivity index (χ2n) is 4.10. The number of nitrogens with zero attached hydrogens (tertiary/aromatic N) is 1. The minimum Gasteiger partial charge on any atom is -0.309 e. The van der Waals surface area contributed by atoms with Crippen LogP contribution in [-0.2, 0) is 0 Å². The Morgan fingerprint density at radius 3 is 2.67 bits per heavy atom. The third-order valence-electron chi connectivity index (χ3n) is 2.84. The summed E-state index contributed by atoms with van der Waals surface area (Å²) in [6.45, 7) is 1.97. The van der Waals surface area contributed by atoms with Crippen LogP contribution in [0, 0.1) is 6.92 Å². The van der Waals surface area contributed by atoms with E-state index < -0.39 is 0 Å². The Morgan fingerprint density at radius 2 is 2.00 bits per heavy atom. The highest BCUT2D eigenvalue weighted by atomic mass is 35.5. The van der Waals surface area contributed by atoms with E-state index >= 15 is 0 Å². The molecule has 1 unspecified atom stereocenters. The average Bonchev–Trinajstić information content (AvgIpc) is 2.35. The molecule has 2 aromatic rings. The van der Waals surface area contributed by atoms with E-state index in [2.05, 4.69) is 10.3 Å². The van der Waals surface area contributed by atoms with E-state index in [0.29, 0.717) is 10.0 Å². The Morgan fingerprint density at radius 1 is 1.22 bits per heavy atom. The quantitative estimate of drug-likeness (QED) is 0.919. The van der Waals surface area contributed by atoms with Gasteiger partial charge in [0.15, 0.2) is 0 Å². The third-order valence-corrected chi connectivity index (χ3v) is 3.67. The topological polar surface area (TPSA) is 24.9 Å². The van der Waals surface area contributed by atoms with Crippen molar-refractivity contribution in [2.75, 3.05) is 7.05 Å². The van der Waals surface area contributed by atoms with Crippen molar-refractivity contribution in [2.45, 2.75) is 13.0 Å². The Bertz CT molecular complexity index is 555. The number of benzene rings is 1. The van der Waals surface area contributed by atoms with E-state index in [-0.39, 0.29) is 6.04 Å². The predicted molar refractivity (Wildman–Crippen MR) is 76.3 cm³/mol. The van der Waals surface area contributed by atoms with Crippen LogP contribution < -0.4 is 5.32 Å². The SMILES string of the molecule is CNC(c1ccnc(C)c1)c1cccc(Cl)c1Cl. The van der Waals surface area contributed by atoms with E-state index in [9.17, 15) is 0 Å². The second kappa shape index (κ2) is 5.70. The number of pyridine rings is 1. The molecule has 1 N–H and O–H groups in total. The van der Waals surface area contributed by atoms with Crippen LogP contribution in [0.2, 0.25) is 10.0 Å². The summed E-state index contributed by atoms with van der Waals surface area (Å²) in [5.41, 5.74) is 3.07. The van der Waals surface area contributed by atoms with Crippen molar-refractivity contribution in [3.8, 4) is 0 Å². The van der Waals surface area contributed by atoms with E-state index in [0.717, 1.165) is 16.8 Å². The van der Waals surface area contributed by atoms with Crippen molar-refractivity contribution in [1.82, 2.24) is 10.3 Å². The van der Waals surface area contributed by atoms with Gasteiger partial charge < -0.3 is 5.32 Å². The van der Waals surface area contributed by atoms with Crippen LogP contribution in [0.5, 0.6) is 0 Å². The van der Waals surface area contributed by atoms with Crippen LogP contribution in [0.15, 0.2) is 36.5 Å². The zero-order valence-corrected chi connectivity index (χ0v) is 11.8. The van der Waals surface area contributed by atoms with Gasteiger partial charge in [-0.25, -0.2) is 0 Å². The minimum atomic E-state index is 0.0119. The van der Waals surface area contributed by atoms with E-state index in [1.165, 1.54) is 0 Å². The molecule has 1 atom stereocenters. The lowest BCUT2D eigenvalue weighted by Gasteiger charge is -2.19. The molecule has 94 valence electrons. The predicted octanol–water partition coefficient (Wildman–Crippen LogP) is 4.01. The highest BCUT2D eigenvalue weighted by molar-refractivity contribution is 6.42. The number of aryl methyl sites for hydroxylation is 1. The van der Waals surface area contributed by atoms with Gasteiger partial charge >= 0.3 is 0 Å². The summed E-state index contributed by atoms with van der Waals surface area (Å²) in [6.07, 6.45) is 1.80. The maximum atomic E-state index is 6.27. The molecule has 1 heterocycles. The van der Waals surface area contributed by atoms with Crippen molar-refractivity contribution in [1.29, 1.82) is 0 Å². The summed E-state index contributed by atoms with van der Waals surface area (Å²) >= 11 is 12.3. The molecule has 0 aliphatic carbocycles. The molecule has 1 aromatic heterocycles. The lowest BCUT2D eigenvalue weighted by molar-refractivity contribution is 0.690. The van der Waals surface area contributed by atoms with Crippen LogP contribution in [-0.4, -0.2) is 12.0 Å². The molecule has 0 spiro atoms. The molecule has 4 heteroatoms. The number of aromatic nitrogens is 1. The van der Waals surface area contributed by atoms with Crippen LogP contribution in [0.4, 0.5) is 0 Å². The molecule has 0 fully saturated rings. The first kappa shape index (κ1) is 13.3. The summed E-state index contributed by atoms with van der Waals surface area (Å²) in [4.78, 5) is 4.20. The molecule has 1 aromatic carbocycles. The van der Waals surface area contributed by atoms with E-state index in [1.807, 2.05) is 38.2 Å². The van der Waals surface area contributed by atoms with Crippen LogP contribution >= 0.6 is 23.2 Å². The first-order valence-electron chi connectivity index (χ1n) is 5.67. The Hall–Kier alpha value is -1.09. The maximum Gasteiger partial charge on any atom is 0.0643 e. The first-order chi connectivity index (χ1) is 8.63. The summed E-state index contributed by atoms with van der Waals surface area (Å²) in [6, 6.07) is 9.70. The fourth-order valence-corrected chi connectivity index (χ4v) is 2.41. The summed E-state index contributed by atoms with van der Waals surface area (Å²) in [5.74, 6) is 0. The number of rotatable bonds is 3. The highest BCUT2D eigenvalue weighted by Crippen LogP contribution is 2.32. The molecule has 0 aliphatic heterocycles. The fourth-order valence-electron chi connectivity index (χ4n) is 1.99. The normalized spacial score (nSPS) is 12.4. The number of halogens is 2. The van der Waals surface area contributed by atoms with Gasteiger partial charge in [-0.2, -0.15) is 0 Å². The molecule has 0 saturated carbocycles. The van der Waals surface area contributed by atoms with Gasteiger partial charge in [-0.05, 0) is 43.3 Å². The Labute approximate surface area is 117 Å². The van der Waals surface area contributed by atoms with Crippen LogP contribution in [0.3, 0.4) is 0 Å². The monoisotopic (exact) mass is 280 g/mol. The molecule has 0 bridgehead atoms. The molecular formula is C14H14Cl2N2. The molecule has 0 amide bonds. The molecule has 0 radical (unpaired) electrons. The molecule has 0 aliphatic rings. The fraction of sp³-hybridized carbons (Fsp3) is 0.214. The van der Waals surface area contributed by atoms with Gasteiger partial charge in [0.2, 0.25) is 0 Å². The van der Waals surface area contributed by atoms with Gasteiger partial charge in [-0.3, -0.25) is 4.98 Å². The van der Waals surface area contributed by atoms with E-state index in [4.69, 9.17) is 23.2 Å². The minimum absolute atomic E-state index is 0.0119. The van der Waals surface area contributed by atoms with Gasteiger partial charge in [-0.1, -0.05) is 35.3 Å². The largest absolute Gasteiger partial charge is 0.309 e. The van der Waals surface area contributed by atoms with Crippen LogP contribution in [0.1, 0.15) is 22.9 Å². The average molecular weight is 281 g/mol. The maximum absolute atomic E-state index is 6.27. The lowest BCUT2D eigenvalue weighted by Crippen LogP contribution is -2.18. The first-order valence-corrected chi connectivity index (χ1v) is 6.43. The smallest absolute Gasteiger partial charge is 0.0643 e. The lowest BCUT2D eigenvalue weighted by atomic mass is 9.99. The van der Waals surface area contributed by atoms with Crippen molar-refractivity contribution in [2.24, 2.45) is 0 Å². The zero-order valence-electron chi connectivity index (χ0n) is 10.2. The van der Waals surface area contributed by atoms with Gasteiger partial charge in [-0.15, -0.1) is 0 Å². The standard InChI is InChI=1S/C14H14Cl2N2/c1-9-8-10(6-7-18-9)14(17-2)11-4-3-5-12(15)13(11)16/h3-8,14,17H,1-2H3. The third kappa shape index (κ3) is 2.66. The second-order valence-corrected chi connectivity index (χ2v) is 4.88. The highest BCUT2D eigenvalue weighted by Gasteiger charge is 2.16. The number of nitrogens with one attached hydrogen (secondary N) is 1. The Kier molecular flexibility index (Phi) is 4.23. The number of hydrogen-bond donors (Lipinski definition) is 1. The van der Waals surface area contributed by atoms with Gasteiger partial charge in [0.05, 0.1) is 16.1 Å². The summed E-state index contributed by atoms with van der Waals surface area (Å²) < 4.78 is 0. The molecule has 2 nitrogen and oxygen atoms in total. The van der Waals surface area contributed by atoms with E-state index in [1.54, 1.807) is 12.3 Å². The Balaban J connectivity index is 2.49. The van der Waals surface area contributed by atoms with Crippen LogP contribution in [0.25, 0.3) is 0 Å². The van der Waals surface area contributed by atoms with Gasteiger partial charge in [0, 0.05) is 11.9 Å². The van der Waals surface area contributed by atoms with Crippen molar-refractivity contribution >= 4 is 23.2 Å². The molecule has 0 saturated heterocycles. The van der Waals surface area contributed by atoms with Crippen molar-refractivity contribution < 1.29 is 0 Å².